The molecule has 1 atom stereocenters. The number of nitrogens with zero attached hydrogens (tertiary/aromatic N) is 3. The molecule has 2 aliphatic rings. The Labute approximate surface area is 180 Å². The molecule has 0 radical (unpaired) electrons. The molecule has 1 fully saturated rings. The molecule has 2 aliphatic heterocycles. The first-order chi connectivity index (χ1) is 13.9. The molecule has 0 N–H and O–H groups in total. The summed E-state index contributed by atoms with van der Waals surface area (Å²) >= 11 is 7.33. The van der Waals surface area contributed by atoms with Gasteiger partial charge in [0, 0.05) is 37.7 Å². The van der Waals surface area contributed by atoms with E-state index in [1.54, 1.807) is 13.1 Å². The molecule has 5 nitrogen and oxygen atoms in total. The molecule has 1 aromatic carbocycles. The Kier molecular flexibility index (Phi) is 5.67. The number of carbonyl (C=O) groups excluding carboxylic acids is 2. The summed E-state index contributed by atoms with van der Waals surface area (Å²) < 4.78 is 0.597. The minimum Gasteiger partial charge on any atom is -0.342 e. The van der Waals surface area contributed by atoms with Crippen LogP contribution in [-0.4, -0.2) is 41.3 Å². The lowest BCUT2D eigenvalue weighted by Gasteiger charge is -2.25. The highest BCUT2D eigenvalue weighted by Gasteiger charge is 2.49. The van der Waals surface area contributed by atoms with Crippen molar-refractivity contribution in [1.82, 2.24) is 9.88 Å². The van der Waals surface area contributed by atoms with Crippen molar-refractivity contribution in [2.45, 2.75) is 51.4 Å². The third-order valence-corrected chi connectivity index (χ3v) is 7.25. The van der Waals surface area contributed by atoms with Crippen LogP contribution >= 0.6 is 22.9 Å². The Balaban J connectivity index is 1.65. The van der Waals surface area contributed by atoms with Crippen LogP contribution in [0.4, 0.5) is 5.69 Å². The predicted octanol–water partition coefficient (Wildman–Crippen LogP) is 4.22. The number of aromatic nitrogens is 1. The molecular weight excluding hydrogens is 406 g/mol. The van der Waals surface area contributed by atoms with E-state index < -0.39 is 0 Å². The second-order valence-electron chi connectivity index (χ2n) is 8.14. The van der Waals surface area contributed by atoms with Gasteiger partial charge < -0.3 is 9.80 Å². The van der Waals surface area contributed by atoms with Crippen molar-refractivity contribution in [1.29, 1.82) is 0 Å². The van der Waals surface area contributed by atoms with Crippen LogP contribution in [0.25, 0.3) is 0 Å². The molecule has 3 heterocycles. The van der Waals surface area contributed by atoms with Gasteiger partial charge in [-0.2, -0.15) is 0 Å². The number of aryl methyl sites for hydroxylation is 1. The summed E-state index contributed by atoms with van der Waals surface area (Å²) in [4.78, 5) is 33.2. The van der Waals surface area contributed by atoms with E-state index in [-0.39, 0.29) is 23.7 Å². The van der Waals surface area contributed by atoms with Crippen molar-refractivity contribution >= 4 is 40.4 Å². The van der Waals surface area contributed by atoms with Gasteiger partial charge in [0.1, 0.15) is 9.34 Å². The molecule has 1 saturated heterocycles. The highest BCUT2D eigenvalue weighted by atomic mass is 35.5. The number of rotatable bonds is 5. The molecule has 7 heteroatoms. The Morgan fingerprint density at radius 3 is 2.79 bits per heavy atom. The van der Waals surface area contributed by atoms with E-state index in [0.717, 1.165) is 42.9 Å². The van der Waals surface area contributed by atoms with E-state index in [1.807, 2.05) is 9.80 Å². The highest BCUT2D eigenvalue weighted by Crippen LogP contribution is 2.47. The maximum atomic E-state index is 13.2. The summed E-state index contributed by atoms with van der Waals surface area (Å²) in [5, 5.41) is 0.735. The number of halogens is 1. The molecule has 0 saturated carbocycles. The fraction of sp³-hybridized carbons (Fsp3) is 0.500. The van der Waals surface area contributed by atoms with Crippen LogP contribution in [0.5, 0.6) is 0 Å². The number of likely N-dealkylation sites (tertiary alicyclic amines) is 1. The van der Waals surface area contributed by atoms with Crippen molar-refractivity contribution in [3.05, 3.63) is 44.9 Å². The number of anilines is 1. The van der Waals surface area contributed by atoms with Gasteiger partial charge in [-0.3, -0.25) is 9.59 Å². The normalized spacial score (nSPS) is 20.5. The third-order valence-electron chi connectivity index (χ3n) is 6.13. The standard InChI is InChI=1S/C22H26ClN3O2S/c1-3-4-5-16-6-7-18-17(10-16)22(8-9-25(13-22)15(2)27)14-26(18)21(28)11-20-24-12-19(23)29-20/h6-7,10,12H,3-5,8-9,11,13-14H2,1-2H3. The number of amides is 2. The molecule has 1 unspecified atom stereocenters. The van der Waals surface area contributed by atoms with Crippen molar-refractivity contribution < 1.29 is 9.59 Å². The van der Waals surface area contributed by atoms with E-state index in [1.165, 1.54) is 22.5 Å². The number of benzene rings is 1. The first kappa shape index (κ1) is 20.4. The lowest BCUT2D eigenvalue weighted by Crippen LogP contribution is -2.40. The summed E-state index contributed by atoms with van der Waals surface area (Å²) in [6, 6.07) is 6.52. The average Bonchev–Trinajstić information content (AvgIpc) is 3.39. The predicted molar refractivity (Wildman–Crippen MR) is 117 cm³/mol. The first-order valence-electron chi connectivity index (χ1n) is 10.2. The summed E-state index contributed by atoms with van der Waals surface area (Å²) in [7, 11) is 0. The Bertz CT molecular complexity index is 944. The van der Waals surface area contributed by atoms with Gasteiger partial charge in [0.05, 0.1) is 12.6 Å². The third kappa shape index (κ3) is 3.92. The molecular formula is C22H26ClN3O2S. The largest absolute Gasteiger partial charge is 0.342 e. The zero-order chi connectivity index (χ0) is 20.6. The van der Waals surface area contributed by atoms with E-state index in [4.69, 9.17) is 11.6 Å². The smallest absolute Gasteiger partial charge is 0.233 e. The van der Waals surface area contributed by atoms with Crippen molar-refractivity contribution in [2.24, 2.45) is 0 Å². The number of unbranched alkanes of at least 4 members (excludes halogenated alkanes) is 1. The monoisotopic (exact) mass is 431 g/mol. The minimum atomic E-state index is -0.167. The van der Waals surface area contributed by atoms with Crippen molar-refractivity contribution in [3.63, 3.8) is 0 Å². The van der Waals surface area contributed by atoms with Crippen LogP contribution in [-0.2, 0) is 27.8 Å². The van der Waals surface area contributed by atoms with E-state index >= 15 is 0 Å². The molecule has 4 rings (SSSR count). The average molecular weight is 432 g/mol. The van der Waals surface area contributed by atoms with Gasteiger partial charge in [0.2, 0.25) is 11.8 Å². The van der Waals surface area contributed by atoms with E-state index in [9.17, 15) is 9.59 Å². The van der Waals surface area contributed by atoms with Gasteiger partial charge in [-0.25, -0.2) is 4.98 Å². The van der Waals surface area contributed by atoms with Crippen LogP contribution in [0, 0.1) is 0 Å². The van der Waals surface area contributed by atoms with Crippen molar-refractivity contribution in [3.8, 4) is 0 Å². The molecule has 0 bridgehead atoms. The quantitative estimate of drug-likeness (QED) is 0.712. The van der Waals surface area contributed by atoms with E-state index in [0.29, 0.717) is 17.4 Å². The SMILES string of the molecule is CCCCc1ccc2c(c1)C1(CCN(C(C)=O)C1)CN2C(=O)Cc1ncc(Cl)s1. The number of thiazole rings is 1. The summed E-state index contributed by atoms with van der Waals surface area (Å²) in [5.41, 5.74) is 3.36. The lowest BCUT2D eigenvalue weighted by molar-refractivity contribution is -0.127. The molecule has 29 heavy (non-hydrogen) atoms. The maximum absolute atomic E-state index is 13.2. The van der Waals surface area contributed by atoms with Gasteiger partial charge in [-0.05, 0) is 36.5 Å². The molecule has 2 amide bonds. The van der Waals surface area contributed by atoms with Crippen LogP contribution in [0.1, 0.15) is 49.2 Å². The van der Waals surface area contributed by atoms with Gasteiger partial charge in [0.25, 0.3) is 0 Å². The van der Waals surface area contributed by atoms with Crippen LogP contribution < -0.4 is 4.90 Å². The van der Waals surface area contributed by atoms with Gasteiger partial charge in [0.15, 0.2) is 0 Å². The topological polar surface area (TPSA) is 53.5 Å². The Hall–Kier alpha value is -1.92. The number of hydrogen-bond acceptors (Lipinski definition) is 4. The zero-order valence-electron chi connectivity index (χ0n) is 16.9. The van der Waals surface area contributed by atoms with Crippen LogP contribution in [0.2, 0.25) is 4.34 Å². The van der Waals surface area contributed by atoms with Crippen LogP contribution in [0.15, 0.2) is 24.4 Å². The Morgan fingerprint density at radius 2 is 2.14 bits per heavy atom. The summed E-state index contributed by atoms with van der Waals surface area (Å²) in [6.45, 7) is 5.88. The molecule has 154 valence electrons. The summed E-state index contributed by atoms with van der Waals surface area (Å²) in [5.74, 6) is 0.143. The van der Waals surface area contributed by atoms with Crippen molar-refractivity contribution in [2.75, 3.05) is 24.5 Å². The lowest BCUT2D eigenvalue weighted by atomic mass is 9.80. The molecule has 1 aromatic heterocycles. The van der Waals surface area contributed by atoms with Gasteiger partial charge in [-0.15, -0.1) is 11.3 Å². The van der Waals surface area contributed by atoms with E-state index in [2.05, 4.69) is 30.1 Å². The highest BCUT2D eigenvalue weighted by molar-refractivity contribution is 7.15. The van der Waals surface area contributed by atoms with Gasteiger partial charge >= 0.3 is 0 Å². The molecule has 2 aromatic rings. The molecule has 0 aliphatic carbocycles. The Morgan fingerprint density at radius 1 is 1.31 bits per heavy atom. The number of fused-ring (bicyclic) bond motifs is 2. The fourth-order valence-electron chi connectivity index (χ4n) is 4.56. The number of carbonyl (C=O) groups is 2. The molecule has 1 spiro atoms. The fourth-order valence-corrected chi connectivity index (χ4v) is 5.51. The second-order valence-corrected chi connectivity index (χ2v) is 9.89. The maximum Gasteiger partial charge on any atom is 0.233 e. The number of hydrogen-bond donors (Lipinski definition) is 0. The second kappa shape index (κ2) is 8.07. The minimum absolute atomic E-state index is 0.0386. The zero-order valence-corrected chi connectivity index (χ0v) is 18.5. The van der Waals surface area contributed by atoms with Crippen LogP contribution in [0.3, 0.4) is 0 Å². The first-order valence-corrected chi connectivity index (χ1v) is 11.4. The summed E-state index contributed by atoms with van der Waals surface area (Å²) in [6.07, 6.45) is 6.09. The van der Waals surface area contributed by atoms with Gasteiger partial charge in [-0.1, -0.05) is 37.1 Å².